The molecular weight excluding hydrogens is 124 g/mol. The number of ether oxygens (including phenoxy) is 1. The second-order valence-corrected chi connectivity index (χ2v) is 2.56. The Morgan fingerprint density at radius 2 is 1.40 bits per heavy atom. The molecule has 0 radical (unpaired) electrons. The van der Waals surface area contributed by atoms with Gasteiger partial charge in [-0.3, -0.25) is 0 Å². The Bertz CT molecular complexity index is 118. The van der Waals surface area contributed by atoms with E-state index in [0.29, 0.717) is 0 Å². The van der Waals surface area contributed by atoms with Crippen LogP contribution in [0.2, 0.25) is 0 Å². The highest BCUT2D eigenvalue weighted by atomic mass is 16.5. The highest BCUT2D eigenvalue weighted by Gasteiger charge is 2.10. The van der Waals surface area contributed by atoms with Gasteiger partial charge in [-0.2, -0.15) is 0 Å². The SMILES string of the molecule is CC.CC1(C)C=COC=C1. The lowest BCUT2D eigenvalue weighted by Crippen LogP contribution is -2.04. The van der Waals surface area contributed by atoms with E-state index >= 15 is 0 Å². The van der Waals surface area contributed by atoms with E-state index in [0.717, 1.165) is 0 Å². The lowest BCUT2D eigenvalue weighted by Gasteiger charge is -2.16. The van der Waals surface area contributed by atoms with Gasteiger partial charge in [0.25, 0.3) is 0 Å². The molecule has 1 heterocycles. The van der Waals surface area contributed by atoms with Crippen molar-refractivity contribution in [2.45, 2.75) is 27.7 Å². The molecule has 1 aliphatic heterocycles. The average molecular weight is 140 g/mol. The van der Waals surface area contributed by atoms with Gasteiger partial charge in [0.15, 0.2) is 0 Å². The van der Waals surface area contributed by atoms with Gasteiger partial charge in [0.05, 0.1) is 12.5 Å². The van der Waals surface area contributed by atoms with Crippen LogP contribution < -0.4 is 0 Å². The van der Waals surface area contributed by atoms with E-state index in [9.17, 15) is 0 Å². The third kappa shape index (κ3) is 3.33. The molecule has 10 heavy (non-hydrogen) atoms. The van der Waals surface area contributed by atoms with E-state index < -0.39 is 0 Å². The summed E-state index contributed by atoms with van der Waals surface area (Å²) in [6.45, 7) is 8.25. The minimum atomic E-state index is 0.193. The fraction of sp³-hybridized carbons (Fsp3) is 0.556. The Hall–Kier alpha value is -0.720. The first kappa shape index (κ1) is 9.28. The predicted molar refractivity (Wildman–Crippen MR) is 44.5 cm³/mol. The zero-order valence-corrected chi connectivity index (χ0v) is 7.22. The quantitative estimate of drug-likeness (QED) is 0.502. The Labute approximate surface area is 63.4 Å². The average Bonchev–Trinajstić information content (AvgIpc) is 1.92. The van der Waals surface area contributed by atoms with E-state index in [2.05, 4.69) is 13.8 Å². The van der Waals surface area contributed by atoms with Crippen molar-refractivity contribution in [3.8, 4) is 0 Å². The number of allylic oxidation sites excluding steroid dienone is 2. The summed E-state index contributed by atoms with van der Waals surface area (Å²) in [6.07, 6.45) is 7.46. The van der Waals surface area contributed by atoms with Gasteiger partial charge >= 0.3 is 0 Å². The van der Waals surface area contributed by atoms with Crippen molar-refractivity contribution in [2.75, 3.05) is 0 Å². The first-order chi connectivity index (χ1) is 4.71. The molecule has 0 atom stereocenters. The van der Waals surface area contributed by atoms with Gasteiger partial charge in [-0.05, 0) is 12.2 Å². The molecule has 1 aliphatic rings. The van der Waals surface area contributed by atoms with Crippen LogP contribution in [0, 0.1) is 5.41 Å². The maximum atomic E-state index is 4.84. The largest absolute Gasteiger partial charge is 0.473 e. The second-order valence-electron chi connectivity index (χ2n) is 2.56. The molecule has 0 aliphatic carbocycles. The topological polar surface area (TPSA) is 9.23 Å². The van der Waals surface area contributed by atoms with Crippen LogP contribution >= 0.6 is 0 Å². The molecule has 0 spiro atoms. The fourth-order valence-electron chi connectivity index (χ4n) is 0.530. The Morgan fingerprint density at radius 1 is 1.00 bits per heavy atom. The molecule has 1 nitrogen and oxygen atoms in total. The summed E-state index contributed by atoms with van der Waals surface area (Å²) in [7, 11) is 0. The summed E-state index contributed by atoms with van der Waals surface area (Å²) in [6, 6.07) is 0. The first-order valence-corrected chi connectivity index (χ1v) is 3.72. The summed E-state index contributed by atoms with van der Waals surface area (Å²) in [5.41, 5.74) is 0.193. The van der Waals surface area contributed by atoms with Crippen molar-refractivity contribution < 1.29 is 4.74 Å². The number of hydrogen-bond acceptors (Lipinski definition) is 1. The molecule has 0 aromatic heterocycles. The Morgan fingerprint density at radius 3 is 1.60 bits per heavy atom. The zero-order valence-electron chi connectivity index (χ0n) is 7.22. The van der Waals surface area contributed by atoms with Gasteiger partial charge in [0.1, 0.15) is 0 Å². The Balaban J connectivity index is 0.000000371. The molecular formula is C9H16O. The summed E-state index contributed by atoms with van der Waals surface area (Å²) in [4.78, 5) is 0. The molecule has 1 heteroatoms. The highest BCUT2D eigenvalue weighted by Crippen LogP contribution is 2.21. The molecule has 0 unspecified atom stereocenters. The van der Waals surface area contributed by atoms with Gasteiger partial charge in [-0.25, -0.2) is 0 Å². The van der Waals surface area contributed by atoms with E-state index in [1.807, 2.05) is 26.0 Å². The van der Waals surface area contributed by atoms with Gasteiger partial charge in [-0.1, -0.05) is 27.7 Å². The highest BCUT2D eigenvalue weighted by molar-refractivity contribution is 5.07. The number of rotatable bonds is 0. The van der Waals surface area contributed by atoms with Gasteiger partial charge in [0, 0.05) is 5.41 Å². The van der Waals surface area contributed by atoms with Crippen molar-refractivity contribution in [2.24, 2.45) is 5.41 Å². The van der Waals surface area contributed by atoms with Crippen LogP contribution in [0.5, 0.6) is 0 Å². The van der Waals surface area contributed by atoms with Crippen molar-refractivity contribution in [1.82, 2.24) is 0 Å². The van der Waals surface area contributed by atoms with Gasteiger partial charge in [-0.15, -0.1) is 0 Å². The lowest BCUT2D eigenvalue weighted by molar-refractivity contribution is 0.367. The molecule has 0 N–H and O–H groups in total. The minimum absolute atomic E-state index is 0.193. The van der Waals surface area contributed by atoms with E-state index in [4.69, 9.17) is 4.74 Å². The smallest absolute Gasteiger partial charge is 0.0869 e. The standard InChI is InChI=1S/C7H10O.C2H6/c1-7(2)3-5-8-6-4-7;1-2/h3-6H,1-2H3;1-2H3. The van der Waals surface area contributed by atoms with Crippen LogP contribution in [-0.2, 0) is 4.74 Å². The van der Waals surface area contributed by atoms with E-state index in [1.54, 1.807) is 12.5 Å². The number of hydrogen-bond donors (Lipinski definition) is 0. The van der Waals surface area contributed by atoms with Crippen molar-refractivity contribution in [1.29, 1.82) is 0 Å². The molecule has 1 rings (SSSR count). The summed E-state index contributed by atoms with van der Waals surface area (Å²) < 4.78 is 4.84. The molecule has 0 saturated carbocycles. The van der Waals surface area contributed by atoms with Crippen LogP contribution in [0.4, 0.5) is 0 Å². The molecule has 0 aromatic carbocycles. The first-order valence-electron chi connectivity index (χ1n) is 3.72. The summed E-state index contributed by atoms with van der Waals surface area (Å²) in [5.74, 6) is 0. The van der Waals surface area contributed by atoms with Gasteiger partial charge < -0.3 is 4.74 Å². The summed E-state index contributed by atoms with van der Waals surface area (Å²) >= 11 is 0. The molecule has 0 amide bonds. The van der Waals surface area contributed by atoms with Crippen molar-refractivity contribution in [3.63, 3.8) is 0 Å². The molecule has 0 bridgehead atoms. The van der Waals surface area contributed by atoms with Crippen LogP contribution in [-0.4, -0.2) is 0 Å². The monoisotopic (exact) mass is 140 g/mol. The molecule has 58 valence electrons. The van der Waals surface area contributed by atoms with Crippen LogP contribution in [0.3, 0.4) is 0 Å². The molecule has 0 aromatic rings. The fourth-order valence-corrected chi connectivity index (χ4v) is 0.530. The van der Waals surface area contributed by atoms with Crippen molar-refractivity contribution in [3.05, 3.63) is 24.7 Å². The van der Waals surface area contributed by atoms with Crippen LogP contribution in [0.25, 0.3) is 0 Å². The second kappa shape index (κ2) is 4.15. The molecule has 0 saturated heterocycles. The van der Waals surface area contributed by atoms with Crippen molar-refractivity contribution >= 4 is 0 Å². The normalized spacial score (nSPS) is 18.8. The van der Waals surface area contributed by atoms with E-state index in [-0.39, 0.29) is 5.41 Å². The van der Waals surface area contributed by atoms with Gasteiger partial charge in [0.2, 0.25) is 0 Å². The van der Waals surface area contributed by atoms with Crippen LogP contribution in [0.1, 0.15) is 27.7 Å². The molecule has 0 fully saturated rings. The Kier molecular flexibility index (Phi) is 3.85. The maximum Gasteiger partial charge on any atom is 0.0869 e. The predicted octanol–water partition coefficient (Wildman–Crippen LogP) is 3.10. The lowest BCUT2D eigenvalue weighted by atomic mass is 9.93. The third-order valence-electron chi connectivity index (χ3n) is 1.15. The third-order valence-corrected chi connectivity index (χ3v) is 1.15. The van der Waals surface area contributed by atoms with Crippen LogP contribution in [0.15, 0.2) is 24.7 Å². The maximum absolute atomic E-state index is 4.84. The minimum Gasteiger partial charge on any atom is -0.473 e. The summed E-state index contributed by atoms with van der Waals surface area (Å²) in [5, 5.41) is 0. The zero-order chi connectivity index (χ0) is 8.04. The van der Waals surface area contributed by atoms with E-state index in [1.165, 1.54) is 0 Å².